The van der Waals surface area contributed by atoms with Crippen LogP contribution in [0.3, 0.4) is 0 Å². The van der Waals surface area contributed by atoms with Gasteiger partial charge in [0.15, 0.2) is 0 Å². The Bertz CT molecular complexity index is 520. The topological polar surface area (TPSA) is 49.9 Å². The molecule has 5 heteroatoms. The van der Waals surface area contributed by atoms with Crippen molar-refractivity contribution in [3.63, 3.8) is 0 Å². The Kier molecular flexibility index (Phi) is 6.44. The SMILES string of the molecule is CCCCC(=O)N1CCN(C(=O)c2ccc(OCC)cc2)CC1. The van der Waals surface area contributed by atoms with Gasteiger partial charge in [-0.05, 0) is 37.6 Å². The molecule has 1 aliphatic rings. The van der Waals surface area contributed by atoms with Crippen molar-refractivity contribution < 1.29 is 14.3 Å². The lowest BCUT2D eigenvalue weighted by Gasteiger charge is -2.35. The van der Waals surface area contributed by atoms with Crippen LogP contribution in [0, 0.1) is 0 Å². The molecule has 0 aromatic heterocycles. The molecule has 126 valence electrons. The molecular weight excluding hydrogens is 292 g/mol. The first kappa shape index (κ1) is 17.3. The van der Waals surface area contributed by atoms with Crippen LogP contribution in [0.4, 0.5) is 0 Å². The quantitative estimate of drug-likeness (QED) is 0.810. The molecule has 1 aliphatic heterocycles. The summed E-state index contributed by atoms with van der Waals surface area (Å²) in [6.45, 7) is 7.09. The minimum absolute atomic E-state index is 0.0219. The van der Waals surface area contributed by atoms with Crippen LogP contribution in [-0.4, -0.2) is 54.4 Å². The molecule has 0 unspecified atom stereocenters. The number of unbranched alkanes of at least 4 members (excludes halogenated alkanes) is 1. The smallest absolute Gasteiger partial charge is 0.253 e. The Labute approximate surface area is 138 Å². The summed E-state index contributed by atoms with van der Waals surface area (Å²) in [6, 6.07) is 7.24. The molecule has 2 amide bonds. The molecule has 0 spiro atoms. The number of benzene rings is 1. The van der Waals surface area contributed by atoms with Crippen LogP contribution in [0.1, 0.15) is 43.5 Å². The summed E-state index contributed by atoms with van der Waals surface area (Å²) in [5, 5.41) is 0. The fourth-order valence-electron chi connectivity index (χ4n) is 2.69. The van der Waals surface area contributed by atoms with Gasteiger partial charge in [0.05, 0.1) is 6.61 Å². The molecule has 0 bridgehead atoms. The summed E-state index contributed by atoms with van der Waals surface area (Å²) in [4.78, 5) is 28.2. The molecule has 1 aromatic carbocycles. The van der Waals surface area contributed by atoms with E-state index in [1.165, 1.54) is 0 Å². The highest BCUT2D eigenvalue weighted by Crippen LogP contribution is 2.15. The Hall–Kier alpha value is -2.04. The zero-order chi connectivity index (χ0) is 16.7. The van der Waals surface area contributed by atoms with Crippen molar-refractivity contribution in [2.75, 3.05) is 32.8 Å². The minimum Gasteiger partial charge on any atom is -0.494 e. The highest BCUT2D eigenvalue weighted by Gasteiger charge is 2.24. The standard InChI is InChI=1S/C18H26N2O3/c1-3-5-6-17(21)19-11-13-20(14-12-19)18(22)15-7-9-16(10-8-15)23-4-2/h7-10H,3-6,11-14H2,1-2H3. The first-order valence-corrected chi connectivity index (χ1v) is 8.45. The molecule has 0 N–H and O–H groups in total. The lowest BCUT2D eigenvalue weighted by Crippen LogP contribution is -2.50. The van der Waals surface area contributed by atoms with Gasteiger partial charge in [-0.1, -0.05) is 13.3 Å². The molecule has 1 saturated heterocycles. The van der Waals surface area contributed by atoms with Crippen molar-refractivity contribution in [3.05, 3.63) is 29.8 Å². The number of hydrogen-bond acceptors (Lipinski definition) is 3. The van der Waals surface area contributed by atoms with Crippen LogP contribution in [0.15, 0.2) is 24.3 Å². The van der Waals surface area contributed by atoms with Gasteiger partial charge in [-0.2, -0.15) is 0 Å². The van der Waals surface area contributed by atoms with Gasteiger partial charge < -0.3 is 14.5 Å². The zero-order valence-corrected chi connectivity index (χ0v) is 14.1. The van der Waals surface area contributed by atoms with Gasteiger partial charge in [-0.15, -0.1) is 0 Å². The Balaban J connectivity index is 1.86. The van der Waals surface area contributed by atoms with Crippen LogP contribution < -0.4 is 4.74 Å². The van der Waals surface area contributed by atoms with Crippen LogP contribution in [0.25, 0.3) is 0 Å². The van der Waals surface area contributed by atoms with E-state index >= 15 is 0 Å². The van der Waals surface area contributed by atoms with Crippen molar-refractivity contribution in [1.82, 2.24) is 9.80 Å². The second-order valence-electron chi connectivity index (χ2n) is 5.73. The predicted octanol–water partition coefficient (Wildman–Crippen LogP) is 2.56. The van der Waals surface area contributed by atoms with E-state index < -0.39 is 0 Å². The third-order valence-corrected chi connectivity index (χ3v) is 4.08. The molecule has 0 atom stereocenters. The number of nitrogens with zero attached hydrogens (tertiary/aromatic N) is 2. The third kappa shape index (κ3) is 4.71. The normalized spacial score (nSPS) is 14.7. The van der Waals surface area contributed by atoms with E-state index in [2.05, 4.69) is 6.92 Å². The number of piperazine rings is 1. The molecule has 1 heterocycles. The van der Waals surface area contributed by atoms with Crippen LogP contribution >= 0.6 is 0 Å². The Morgan fingerprint density at radius 3 is 2.17 bits per heavy atom. The summed E-state index contributed by atoms with van der Waals surface area (Å²) in [6.07, 6.45) is 2.58. The van der Waals surface area contributed by atoms with Crippen molar-refractivity contribution in [2.24, 2.45) is 0 Å². The number of amides is 2. The summed E-state index contributed by atoms with van der Waals surface area (Å²) >= 11 is 0. The number of hydrogen-bond donors (Lipinski definition) is 0. The van der Waals surface area contributed by atoms with Crippen molar-refractivity contribution >= 4 is 11.8 Å². The van der Waals surface area contributed by atoms with E-state index in [4.69, 9.17) is 4.74 Å². The summed E-state index contributed by atoms with van der Waals surface area (Å²) in [5.41, 5.74) is 0.666. The number of carbonyl (C=O) groups excluding carboxylic acids is 2. The van der Waals surface area contributed by atoms with Gasteiger partial charge in [0.1, 0.15) is 5.75 Å². The second kappa shape index (κ2) is 8.56. The molecule has 2 rings (SSSR count). The van der Waals surface area contributed by atoms with Crippen LogP contribution in [0.2, 0.25) is 0 Å². The second-order valence-corrected chi connectivity index (χ2v) is 5.73. The molecule has 0 radical (unpaired) electrons. The number of ether oxygens (including phenoxy) is 1. The maximum absolute atomic E-state index is 12.5. The largest absolute Gasteiger partial charge is 0.494 e. The van der Waals surface area contributed by atoms with Crippen LogP contribution in [-0.2, 0) is 4.79 Å². The molecule has 5 nitrogen and oxygen atoms in total. The van der Waals surface area contributed by atoms with E-state index in [1.54, 1.807) is 12.1 Å². The Morgan fingerprint density at radius 2 is 1.61 bits per heavy atom. The van der Waals surface area contributed by atoms with Gasteiger partial charge >= 0.3 is 0 Å². The predicted molar refractivity (Wildman–Crippen MR) is 89.6 cm³/mol. The highest BCUT2D eigenvalue weighted by atomic mass is 16.5. The van der Waals surface area contributed by atoms with E-state index in [0.29, 0.717) is 44.8 Å². The van der Waals surface area contributed by atoms with Gasteiger partial charge in [0, 0.05) is 38.2 Å². The molecular formula is C18H26N2O3. The van der Waals surface area contributed by atoms with Gasteiger partial charge in [0.25, 0.3) is 5.91 Å². The lowest BCUT2D eigenvalue weighted by molar-refractivity contribution is -0.132. The Morgan fingerprint density at radius 1 is 1.00 bits per heavy atom. The fourth-order valence-corrected chi connectivity index (χ4v) is 2.69. The average molecular weight is 318 g/mol. The molecule has 1 aromatic rings. The van der Waals surface area contributed by atoms with Gasteiger partial charge in [0.2, 0.25) is 5.91 Å². The van der Waals surface area contributed by atoms with E-state index in [1.807, 2.05) is 28.9 Å². The zero-order valence-electron chi connectivity index (χ0n) is 14.1. The first-order chi connectivity index (χ1) is 11.2. The first-order valence-electron chi connectivity index (χ1n) is 8.45. The van der Waals surface area contributed by atoms with E-state index in [0.717, 1.165) is 18.6 Å². The number of carbonyl (C=O) groups is 2. The van der Waals surface area contributed by atoms with E-state index in [-0.39, 0.29) is 11.8 Å². The fraction of sp³-hybridized carbons (Fsp3) is 0.556. The molecule has 23 heavy (non-hydrogen) atoms. The molecule has 1 fully saturated rings. The summed E-state index contributed by atoms with van der Waals surface area (Å²) in [5.74, 6) is 1.00. The monoisotopic (exact) mass is 318 g/mol. The maximum atomic E-state index is 12.5. The maximum Gasteiger partial charge on any atom is 0.253 e. The minimum atomic E-state index is 0.0219. The van der Waals surface area contributed by atoms with Crippen LogP contribution in [0.5, 0.6) is 5.75 Å². The van der Waals surface area contributed by atoms with Crippen molar-refractivity contribution in [2.45, 2.75) is 33.1 Å². The summed E-state index contributed by atoms with van der Waals surface area (Å²) in [7, 11) is 0. The summed E-state index contributed by atoms with van der Waals surface area (Å²) < 4.78 is 5.39. The average Bonchev–Trinajstić information content (AvgIpc) is 2.60. The van der Waals surface area contributed by atoms with Crippen molar-refractivity contribution in [3.8, 4) is 5.75 Å². The molecule has 0 aliphatic carbocycles. The number of rotatable bonds is 6. The van der Waals surface area contributed by atoms with Crippen molar-refractivity contribution in [1.29, 1.82) is 0 Å². The third-order valence-electron chi connectivity index (χ3n) is 4.08. The lowest BCUT2D eigenvalue weighted by atomic mass is 10.1. The van der Waals surface area contributed by atoms with E-state index in [9.17, 15) is 9.59 Å². The molecule has 0 saturated carbocycles. The van der Waals surface area contributed by atoms with Gasteiger partial charge in [-0.25, -0.2) is 0 Å². The highest BCUT2D eigenvalue weighted by molar-refractivity contribution is 5.94. The van der Waals surface area contributed by atoms with Gasteiger partial charge in [-0.3, -0.25) is 9.59 Å².